The lowest BCUT2D eigenvalue weighted by Crippen LogP contribution is -2.30. The molecule has 0 saturated carbocycles. The average Bonchev–Trinajstić information content (AvgIpc) is 2.38. The maximum absolute atomic E-state index is 10.9. The maximum atomic E-state index is 10.9. The van der Waals surface area contributed by atoms with E-state index >= 15 is 0 Å². The molecule has 1 atom stereocenters. The van der Waals surface area contributed by atoms with Crippen molar-refractivity contribution in [2.45, 2.75) is 12.3 Å². The molecule has 1 saturated heterocycles. The molecule has 1 fully saturated rings. The molecule has 3 nitrogen and oxygen atoms in total. The fraction of sp³-hybridized carbons (Fsp3) is 0.833. The third-order valence-electron chi connectivity index (χ3n) is 1.22. The van der Waals surface area contributed by atoms with Crippen LogP contribution in [-0.2, 0) is 9.53 Å². The van der Waals surface area contributed by atoms with Gasteiger partial charge in [0.1, 0.15) is 0 Å². The highest BCUT2D eigenvalue weighted by molar-refractivity contribution is 8.00. The molecule has 0 aromatic heterocycles. The van der Waals surface area contributed by atoms with Gasteiger partial charge in [0, 0.05) is 12.3 Å². The van der Waals surface area contributed by atoms with Crippen LogP contribution in [0.25, 0.3) is 0 Å². The number of rotatable bonds is 2. The molecule has 1 N–H and O–H groups in total. The number of ether oxygens (including phenoxy) is 1. The third kappa shape index (κ3) is 3.31. The number of halogens is 1. The number of thioether (sulfide) groups is 1. The van der Waals surface area contributed by atoms with Gasteiger partial charge in [-0.1, -0.05) is 0 Å². The van der Waals surface area contributed by atoms with Crippen LogP contribution < -0.4 is 5.32 Å². The third-order valence-corrected chi connectivity index (χ3v) is 2.35. The summed E-state index contributed by atoms with van der Waals surface area (Å²) in [5, 5.41) is 2.92. The van der Waals surface area contributed by atoms with Gasteiger partial charge in [-0.3, -0.25) is 5.32 Å². The topological polar surface area (TPSA) is 38.3 Å². The lowest BCUT2D eigenvalue weighted by Gasteiger charge is -2.06. The summed E-state index contributed by atoms with van der Waals surface area (Å²) in [5.41, 5.74) is 0. The van der Waals surface area contributed by atoms with E-state index in [1.54, 1.807) is 11.8 Å². The Morgan fingerprint density at radius 1 is 1.82 bits per heavy atom. The molecular formula is C6H12ClNO2S. The SMILES string of the molecule is CCOC(=O)C1NCCS1.Cl. The average molecular weight is 198 g/mol. The Morgan fingerprint density at radius 3 is 3.00 bits per heavy atom. The minimum atomic E-state index is -0.134. The van der Waals surface area contributed by atoms with Gasteiger partial charge in [-0.15, -0.1) is 24.2 Å². The summed E-state index contributed by atoms with van der Waals surface area (Å²) < 4.78 is 4.80. The summed E-state index contributed by atoms with van der Waals surface area (Å²) in [4.78, 5) is 10.9. The second kappa shape index (κ2) is 5.69. The largest absolute Gasteiger partial charge is 0.464 e. The number of hydrogen-bond acceptors (Lipinski definition) is 4. The fourth-order valence-corrected chi connectivity index (χ4v) is 1.71. The Bertz CT molecular complexity index is 128. The molecule has 0 amide bonds. The molecule has 0 aromatic carbocycles. The van der Waals surface area contributed by atoms with E-state index in [1.165, 1.54) is 0 Å². The van der Waals surface area contributed by atoms with E-state index in [-0.39, 0.29) is 23.8 Å². The van der Waals surface area contributed by atoms with E-state index in [9.17, 15) is 4.79 Å². The van der Waals surface area contributed by atoms with Crippen LogP contribution in [0.15, 0.2) is 0 Å². The zero-order valence-corrected chi connectivity index (χ0v) is 7.96. The van der Waals surface area contributed by atoms with Crippen LogP contribution >= 0.6 is 24.2 Å². The van der Waals surface area contributed by atoms with Crippen LogP contribution in [0.2, 0.25) is 0 Å². The number of nitrogens with one attached hydrogen (secondary N) is 1. The monoisotopic (exact) mass is 197 g/mol. The van der Waals surface area contributed by atoms with Crippen LogP contribution in [0.5, 0.6) is 0 Å². The van der Waals surface area contributed by atoms with E-state index in [0.29, 0.717) is 6.61 Å². The predicted molar refractivity (Wildman–Crippen MR) is 48.1 cm³/mol. The molecule has 1 aliphatic heterocycles. The van der Waals surface area contributed by atoms with Crippen LogP contribution in [0.1, 0.15) is 6.92 Å². The molecular weight excluding hydrogens is 186 g/mol. The van der Waals surface area contributed by atoms with E-state index < -0.39 is 0 Å². The highest BCUT2D eigenvalue weighted by Crippen LogP contribution is 2.14. The van der Waals surface area contributed by atoms with E-state index in [0.717, 1.165) is 12.3 Å². The minimum absolute atomic E-state index is 0. The van der Waals surface area contributed by atoms with Gasteiger partial charge in [-0.25, -0.2) is 4.79 Å². The van der Waals surface area contributed by atoms with Crippen molar-refractivity contribution in [2.24, 2.45) is 0 Å². The van der Waals surface area contributed by atoms with Gasteiger partial charge in [0.2, 0.25) is 0 Å². The Kier molecular flexibility index (Phi) is 5.72. The zero-order chi connectivity index (χ0) is 7.40. The molecule has 0 spiro atoms. The van der Waals surface area contributed by atoms with Crippen molar-refractivity contribution in [3.63, 3.8) is 0 Å². The van der Waals surface area contributed by atoms with Crippen molar-refractivity contribution in [3.05, 3.63) is 0 Å². The molecule has 1 heterocycles. The van der Waals surface area contributed by atoms with Crippen molar-refractivity contribution in [3.8, 4) is 0 Å². The molecule has 0 aromatic rings. The van der Waals surface area contributed by atoms with Gasteiger partial charge in [0.25, 0.3) is 0 Å². The first-order valence-electron chi connectivity index (χ1n) is 3.36. The van der Waals surface area contributed by atoms with E-state index in [1.807, 2.05) is 6.92 Å². The van der Waals surface area contributed by atoms with Gasteiger partial charge >= 0.3 is 5.97 Å². The molecule has 5 heteroatoms. The van der Waals surface area contributed by atoms with Crippen LogP contribution in [-0.4, -0.2) is 30.2 Å². The summed E-state index contributed by atoms with van der Waals surface area (Å²) in [6.07, 6.45) is 0. The summed E-state index contributed by atoms with van der Waals surface area (Å²) in [7, 11) is 0. The van der Waals surface area contributed by atoms with Crippen molar-refractivity contribution in [2.75, 3.05) is 18.9 Å². The van der Waals surface area contributed by atoms with Crippen molar-refractivity contribution in [1.29, 1.82) is 0 Å². The van der Waals surface area contributed by atoms with Gasteiger partial charge < -0.3 is 4.74 Å². The van der Waals surface area contributed by atoms with Gasteiger partial charge in [0.15, 0.2) is 5.37 Å². The highest BCUT2D eigenvalue weighted by Gasteiger charge is 2.23. The standard InChI is InChI=1S/C6H11NO2S.ClH/c1-2-9-6(8)5-7-3-4-10-5;/h5,7H,2-4H2,1H3;1H. The molecule has 1 unspecified atom stereocenters. The molecule has 0 bridgehead atoms. The first-order chi connectivity index (χ1) is 4.84. The van der Waals surface area contributed by atoms with E-state index in [4.69, 9.17) is 4.74 Å². The molecule has 0 radical (unpaired) electrons. The van der Waals surface area contributed by atoms with Gasteiger partial charge in [-0.2, -0.15) is 0 Å². The molecule has 0 aliphatic carbocycles. The fourth-order valence-electron chi connectivity index (χ4n) is 0.795. The van der Waals surface area contributed by atoms with Crippen LogP contribution in [0, 0.1) is 0 Å². The number of hydrogen-bond donors (Lipinski definition) is 1. The van der Waals surface area contributed by atoms with Gasteiger partial charge in [0.05, 0.1) is 6.61 Å². The van der Waals surface area contributed by atoms with Crippen LogP contribution in [0.3, 0.4) is 0 Å². The molecule has 66 valence electrons. The molecule has 1 aliphatic rings. The lowest BCUT2D eigenvalue weighted by molar-refractivity contribution is -0.142. The normalized spacial score (nSPS) is 22.5. The number of carbonyl (C=O) groups is 1. The first kappa shape index (κ1) is 11.1. The minimum Gasteiger partial charge on any atom is -0.464 e. The summed E-state index contributed by atoms with van der Waals surface area (Å²) in [6, 6.07) is 0. The summed E-state index contributed by atoms with van der Waals surface area (Å²) in [5.74, 6) is 0.869. The van der Waals surface area contributed by atoms with Crippen molar-refractivity contribution in [1.82, 2.24) is 5.32 Å². The Balaban J connectivity index is 0.000001000. The lowest BCUT2D eigenvalue weighted by atomic mass is 10.6. The Morgan fingerprint density at radius 2 is 2.55 bits per heavy atom. The second-order valence-corrected chi connectivity index (χ2v) is 3.17. The molecule has 11 heavy (non-hydrogen) atoms. The quantitative estimate of drug-likeness (QED) is 0.660. The maximum Gasteiger partial charge on any atom is 0.333 e. The number of carbonyl (C=O) groups excluding carboxylic acids is 1. The number of esters is 1. The van der Waals surface area contributed by atoms with Crippen molar-refractivity contribution >= 4 is 30.1 Å². The summed E-state index contributed by atoms with van der Waals surface area (Å²) in [6.45, 7) is 3.20. The predicted octanol–water partition coefficient (Wildman–Crippen LogP) is 0.634. The van der Waals surface area contributed by atoms with Crippen LogP contribution in [0.4, 0.5) is 0 Å². The smallest absolute Gasteiger partial charge is 0.333 e. The Hall–Kier alpha value is 0.0700. The van der Waals surface area contributed by atoms with Crippen molar-refractivity contribution < 1.29 is 9.53 Å². The first-order valence-corrected chi connectivity index (χ1v) is 4.41. The summed E-state index contributed by atoms with van der Waals surface area (Å²) >= 11 is 1.60. The second-order valence-electron chi connectivity index (χ2n) is 1.96. The highest BCUT2D eigenvalue weighted by atomic mass is 35.5. The zero-order valence-electron chi connectivity index (χ0n) is 6.33. The van der Waals surface area contributed by atoms with E-state index in [2.05, 4.69) is 5.32 Å². The molecule has 1 rings (SSSR count). The Labute approximate surface area is 76.7 Å². The van der Waals surface area contributed by atoms with Gasteiger partial charge in [-0.05, 0) is 6.92 Å².